The van der Waals surface area contributed by atoms with Crippen LogP contribution in [0.5, 0.6) is 5.06 Å². The van der Waals surface area contributed by atoms with E-state index in [4.69, 9.17) is 4.74 Å². The van der Waals surface area contributed by atoms with Crippen molar-refractivity contribution in [2.75, 3.05) is 6.61 Å². The fraction of sp³-hybridized carbons (Fsp3) is 0.385. The van der Waals surface area contributed by atoms with Crippen molar-refractivity contribution in [1.29, 1.82) is 0 Å². The molecule has 0 spiro atoms. The summed E-state index contributed by atoms with van der Waals surface area (Å²) in [6, 6.07) is 5.76. The number of thiophene rings is 1. The fourth-order valence-electron chi connectivity index (χ4n) is 1.76. The van der Waals surface area contributed by atoms with Gasteiger partial charge in [0.25, 0.3) is 0 Å². The van der Waals surface area contributed by atoms with E-state index in [2.05, 4.69) is 6.92 Å². The van der Waals surface area contributed by atoms with Gasteiger partial charge in [0.1, 0.15) is 5.82 Å². The standard InChI is InChI=1S/C13H15FOS/c1-3-5-9-6-7-10-8-11(15-4-2)16-13(10)12(9)14/h6-8H,3-5H2,1-2H3. The molecule has 0 saturated carbocycles. The maximum atomic E-state index is 14.1. The quantitative estimate of drug-likeness (QED) is 0.767. The summed E-state index contributed by atoms with van der Waals surface area (Å²) in [5.74, 6) is -0.0738. The van der Waals surface area contributed by atoms with Crippen LogP contribution in [0.25, 0.3) is 10.1 Å². The third-order valence-electron chi connectivity index (χ3n) is 2.49. The van der Waals surface area contributed by atoms with Gasteiger partial charge in [-0.2, -0.15) is 0 Å². The van der Waals surface area contributed by atoms with Gasteiger partial charge in [-0.15, -0.1) is 0 Å². The van der Waals surface area contributed by atoms with Gasteiger partial charge in [0, 0.05) is 0 Å². The zero-order chi connectivity index (χ0) is 11.5. The molecule has 0 radical (unpaired) electrons. The Bertz CT molecular complexity index is 490. The van der Waals surface area contributed by atoms with Gasteiger partial charge in [-0.1, -0.05) is 36.8 Å². The Morgan fingerprint density at radius 3 is 2.81 bits per heavy atom. The van der Waals surface area contributed by atoms with E-state index in [9.17, 15) is 4.39 Å². The average molecular weight is 238 g/mol. The molecule has 16 heavy (non-hydrogen) atoms. The van der Waals surface area contributed by atoms with E-state index in [-0.39, 0.29) is 5.82 Å². The summed E-state index contributed by atoms with van der Waals surface area (Å²) in [6.45, 7) is 4.61. The summed E-state index contributed by atoms with van der Waals surface area (Å²) in [4.78, 5) is 0. The van der Waals surface area contributed by atoms with Crippen LogP contribution in [0.1, 0.15) is 25.8 Å². The zero-order valence-electron chi connectivity index (χ0n) is 9.55. The van der Waals surface area contributed by atoms with Crippen LogP contribution in [0.15, 0.2) is 18.2 Å². The van der Waals surface area contributed by atoms with Crippen molar-refractivity contribution in [3.63, 3.8) is 0 Å². The highest BCUT2D eigenvalue weighted by atomic mass is 32.1. The lowest BCUT2D eigenvalue weighted by atomic mass is 10.1. The minimum absolute atomic E-state index is 0.0738. The Morgan fingerprint density at radius 2 is 2.12 bits per heavy atom. The molecule has 0 fully saturated rings. The number of halogens is 1. The Labute approximate surface area is 98.9 Å². The zero-order valence-corrected chi connectivity index (χ0v) is 10.4. The minimum Gasteiger partial charge on any atom is -0.484 e. The number of hydrogen-bond acceptors (Lipinski definition) is 2. The molecule has 0 aliphatic carbocycles. The number of hydrogen-bond donors (Lipinski definition) is 0. The van der Waals surface area contributed by atoms with Crippen molar-refractivity contribution >= 4 is 21.4 Å². The van der Waals surface area contributed by atoms with Crippen molar-refractivity contribution in [2.24, 2.45) is 0 Å². The van der Waals surface area contributed by atoms with Gasteiger partial charge in [0.2, 0.25) is 0 Å². The lowest BCUT2D eigenvalue weighted by Crippen LogP contribution is -1.88. The molecule has 1 heterocycles. The first-order valence-electron chi connectivity index (χ1n) is 5.60. The summed E-state index contributed by atoms with van der Waals surface area (Å²) in [5.41, 5.74) is 0.805. The number of benzene rings is 1. The van der Waals surface area contributed by atoms with E-state index in [0.29, 0.717) is 6.61 Å². The number of fused-ring (bicyclic) bond motifs is 1. The lowest BCUT2D eigenvalue weighted by molar-refractivity contribution is 0.350. The average Bonchev–Trinajstić information content (AvgIpc) is 2.67. The molecule has 1 aromatic heterocycles. The predicted molar refractivity (Wildman–Crippen MR) is 66.9 cm³/mol. The van der Waals surface area contributed by atoms with Crippen LogP contribution < -0.4 is 4.74 Å². The molecule has 0 atom stereocenters. The van der Waals surface area contributed by atoms with Crippen LogP contribution in [0, 0.1) is 5.82 Å². The normalized spacial score (nSPS) is 10.9. The van der Waals surface area contributed by atoms with Crippen LogP contribution in [0.3, 0.4) is 0 Å². The SMILES string of the molecule is CCCc1ccc2cc(OCC)sc2c1F. The Balaban J connectivity index is 2.47. The predicted octanol–water partition coefficient (Wildman–Crippen LogP) is 4.39. The Hall–Kier alpha value is -1.09. The molecule has 3 heteroatoms. The topological polar surface area (TPSA) is 9.23 Å². The van der Waals surface area contributed by atoms with Gasteiger partial charge in [0.05, 0.1) is 11.3 Å². The largest absolute Gasteiger partial charge is 0.484 e. The van der Waals surface area contributed by atoms with Gasteiger partial charge in [-0.05, 0) is 30.4 Å². The molecule has 0 N–H and O–H groups in total. The van der Waals surface area contributed by atoms with Crippen molar-refractivity contribution in [3.8, 4) is 5.06 Å². The second-order valence-corrected chi connectivity index (χ2v) is 4.72. The number of ether oxygens (including phenoxy) is 1. The maximum absolute atomic E-state index is 14.1. The Kier molecular flexibility index (Phi) is 3.44. The third-order valence-corrected chi connectivity index (χ3v) is 3.55. The second-order valence-electron chi connectivity index (χ2n) is 3.71. The van der Waals surface area contributed by atoms with Gasteiger partial charge >= 0.3 is 0 Å². The highest BCUT2D eigenvalue weighted by molar-refractivity contribution is 7.20. The molecule has 2 rings (SSSR count). The maximum Gasteiger partial charge on any atom is 0.175 e. The third kappa shape index (κ3) is 2.05. The summed E-state index contributed by atoms with van der Waals surface area (Å²) in [7, 11) is 0. The molecule has 2 aromatic rings. The molecule has 0 aliphatic rings. The molecular formula is C13H15FOS. The monoisotopic (exact) mass is 238 g/mol. The van der Waals surface area contributed by atoms with E-state index in [1.165, 1.54) is 11.3 Å². The first-order chi connectivity index (χ1) is 7.76. The smallest absolute Gasteiger partial charge is 0.175 e. The summed E-state index contributed by atoms with van der Waals surface area (Å²) >= 11 is 1.39. The molecular weight excluding hydrogens is 223 g/mol. The van der Waals surface area contributed by atoms with Gasteiger partial charge in [0.15, 0.2) is 5.06 Å². The van der Waals surface area contributed by atoms with Crippen molar-refractivity contribution < 1.29 is 9.13 Å². The number of aryl methyl sites for hydroxylation is 1. The molecule has 0 bridgehead atoms. The molecule has 0 aliphatic heterocycles. The van der Waals surface area contributed by atoms with E-state index >= 15 is 0 Å². The molecule has 86 valence electrons. The second kappa shape index (κ2) is 4.83. The van der Waals surface area contributed by atoms with Crippen LogP contribution in [-0.4, -0.2) is 6.61 Å². The highest BCUT2D eigenvalue weighted by Gasteiger charge is 2.10. The highest BCUT2D eigenvalue weighted by Crippen LogP contribution is 2.34. The lowest BCUT2D eigenvalue weighted by Gasteiger charge is -2.01. The van der Waals surface area contributed by atoms with E-state index in [0.717, 1.165) is 33.6 Å². The van der Waals surface area contributed by atoms with E-state index in [1.54, 1.807) is 0 Å². The van der Waals surface area contributed by atoms with Gasteiger partial charge in [-0.25, -0.2) is 4.39 Å². The fourth-order valence-corrected chi connectivity index (χ4v) is 2.79. The summed E-state index contributed by atoms with van der Waals surface area (Å²) in [5, 5.41) is 1.73. The summed E-state index contributed by atoms with van der Waals surface area (Å²) in [6.07, 6.45) is 1.76. The van der Waals surface area contributed by atoms with Crippen LogP contribution in [0.2, 0.25) is 0 Å². The van der Waals surface area contributed by atoms with E-state index < -0.39 is 0 Å². The van der Waals surface area contributed by atoms with Crippen molar-refractivity contribution in [1.82, 2.24) is 0 Å². The summed E-state index contributed by atoms with van der Waals surface area (Å²) < 4.78 is 20.2. The van der Waals surface area contributed by atoms with Crippen LogP contribution in [0.4, 0.5) is 4.39 Å². The molecule has 0 amide bonds. The molecule has 1 aromatic carbocycles. The molecule has 0 unspecified atom stereocenters. The molecule has 0 saturated heterocycles. The minimum atomic E-state index is -0.0738. The van der Waals surface area contributed by atoms with E-state index in [1.807, 2.05) is 25.1 Å². The van der Waals surface area contributed by atoms with Crippen LogP contribution in [-0.2, 0) is 6.42 Å². The Morgan fingerprint density at radius 1 is 1.31 bits per heavy atom. The van der Waals surface area contributed by atoms with Gasteiger partial charge in [-0.3, -0.25) is 0 Å². The van der Waals surface area contributed by atoms with Crippen molar-refractivity contribution in [2.45, 2.75) is 26.7 Å². The molecule has 1 nitrogen and oxygen atoms in total. The van der Waals surface area contributed by atoms with Crippen molar-refractivity contribution in [3.05, 3.63) is 29.6 Å². The first kappa shape index (κ1) is 11.4. The first-order valence-corrected chi connectivity index (χ1v) is 6.41. The van der Waals surface area contributed by atoms with Crippen LogP contribution >= 0.6 is 11.3 Å². The van der Waals surface area contributed by atoms with Gasteiger partial charge < -0.3 is 4.74 Å². The number of rotatable bonds is 4.